The Balaban J connectivity index is 2.05. The normalized spacial score (nSPS) is 20.8. The second-order valence-electron chi connectivity index (χ2n) is 4.03. The van der Waals surface area contributed by atoms with Gasteiger partial charge in [-0.3, -0.25) is 0 Å². The fourth-order valence-electron chi connectivity index (χ4n) is 2.06. The molecule has 0 aromatic heterocycles. The van der Waals surface area contributed by atoms with Crippen molar-refractivity contribution >= 4 is 11.8 Å². The standard InChI is InChI=1S/C12H16FNS/c1-15-12-3-2-9(7-11(12)13)6-10-4-5-14-8-10/h2-3,7,10,14H,4-6,8H2,1H3. The molecule has 1 nitrogen and oxygen atoms in total. The molecule has 0 saturated carbocycles. The van der Waals surface area contributed by atoms with Gasteiger partial charge in [0, 0.05) is 4.90 Å². The summed E-state index contributed by atoms with van der Waals surface area (Å²) in [4.78, 5) is 0.739. The molecule has 1 heterocycles. The highest BCUT2D eigenvalue weighted by atomic mass is 32.2. The van der Waals surface area contributed by atoms with E-state index < -0.39 is 0 Å². The molecule has 1 aromatic rings. The van der Waals surface area contributed by atoms with E-state index in [-0.39, 0.29) is 5.82 Å². The molecule has 1 fully saturated rings. The summed E-state index contributed by atoms with van der Waals surface area (Å²) >= 11 is 1.46. The van der Waals surface area contributed by atoms with Crippen LogP contribution in [0.4, 0.5) is 4.39 Å². The molecule has 1 N–H and O–H groups in total. The van der Waals surface area contributed by atoms with Gasteiger partial charge in [0.1, 0.15) is 5.82 Å². The van der Waals surface area contributed by atoms with Gasteiger partial charge in [-0.05, 0) is 55.8 Å². The summed E-state index contributed by atoms with van der Waals surface area (Å²) in [6.07, 6.45) is 4.11. The molecular formula is C12H16FNS. The van der Waals surface area contributed by atoms with Gasteiger partial charge >= 0.3 is 0 Å². The van der Waals surface area contributed by atoms with E-state index in [2.05, 4.69) is 5.32 Å². The summed E-state index contributed by atoms with van der Waals surface area (Å²) in [5.74, 6) is 0.607. The Kier molecular flexibility index (Phi) is 3.65. The fraction of sp³-hybridized carbons (Fsp3) is 0.500. The number of benzene rings is 1. The first-order valence-electron chi connectivity index (χ1n) is 5.32. The van der Waals surface area contributed by atoms with Crippen LogP contribution in [0, 0.1) is 11.7 Å². The lowest BCUT2D eigenvalue weighted by Gasteiger charge is -2.09. The summed E-state index contributed by atoms with van der Waals surface area (Å²) < 4.78 is 13.5. The smallest absolute Gasteiger partial charge is 0.137 e. The van der Waals surface area contributed by atoms with Crippen LogP contribution in [0.2, 0.25) is 0 Å². The van der Waals surface area contributed by atoms with Crippen LogP contribution in [0.1, 0.15) is 12.0 Å². The predicted molar refractivity (Wildman–Crippen MR) is 62.9 cm³/mol. The summed E-state index contributed by atoms with van der Waals surface area (Å²) in [7, 11) is 0. The van der Waals surface area contributed by atoms with Gasteiger partial charge in [-0.2, -0.15) is 0 Å². The van der Waals surface area contributed by atoms with E-state index >= 15 is 0 Å². The Hall–Kier alpha value is -0.540. The average molecular weight is 225 g/mol. The van der Waals surface area contributed by atoms with Crippen molar-refractivity contribution in [2.75, 3.05) is 19.3 Å². The highest BCUT2D eigenvalue weighted by Crippen LogP contribution is 2.22. The van der Waals surface area contributed by atoms with Crippen molar-refractivity contribution in [2.45, 2.75) is 17.7 Å². The Morgan fingerprint density at radius 3 is 3.00 bits per heavy atom. The van der Waals surface area contributed by atoms with Gasteiger partial charge < -0.3 is 5.32 Å². The lowest BCUT2D eigenvalue weighted by atomic mass is 9.99. The van der Waals surface area contributed by atoms with Gasteiger partial charge in [-0.1, -0.05) is 6.07 Å². The zero-order chi connectivity index (χ0) is 10.7. The molecule has 15 heavy (non-hydrogen) atoms. The Morgan fingerprint density at radius 1 is 1.53 bits per heavy atom. The van der Waals surface area contributed by atoms with Crippen molar-refractivity contribution in [3.8, 4) is 0 Å². The summed E-state index contributed by atoms with van der Waals surface area (Å²) in [5.41, 5.74) is 1.12. The molecule has 3 heteroatoms. The fourth-order valence-corrected chi connectivity index (χ4v) is 2.52. The number of hydrogen-bond donors (Lipinski definition) is 1. The van der Waals surface area contributed by atoms with Crippen LogP contribution in [0.5, 0.6) is 0 Å². The van der Waals surface area contributed by atoms with E-state index in [1.807, 2.05) is 18.4 Å². The first kappa shape index (κ1) is 11.0. The maximum absolute atomic E-state index is 13.5. The van der Waals surface area contributed by atoms with Gasteiger partial charge in [0.15, 0.2) is 0 Å². The third kappa shape index (κ3) is 2.73. The molecule has 1 atom stereocenters. The molecular weight excluding hydrogens is 209 g/mol. The Bertz CT molecular complexity index is 334. The molecule has 0 radical (unpaired) electrons. The largest absolute Gasteiger partial charge is 0.316 e. The van der Waals surface area contributed by atoms with E-state index in [0.717, 1.165) is 30.0 Å². The second kappa shape index (κ2) is 4.99. The third-order valence-electron chi connectivity index (χ3n) is 2.90. The Labute approximate surface area is 94.5 Å². The predicted octanol–water partition coefficient (Wildman–Crippen LogP) is 2.70. The Morgan fingerprint density at radius 2 is 2.40 bits per heavy atom. The van der Waals surface area contributed by atoms with E-state index in [1.165, 1.54) is 18.2 Å². The number of halogens is 1. The maximum atomic E-state index is 13.5. The SMILES string of the molecule is CSc1ccc(CC2CCNC2)cc1F. The van der Waals surface area contributed by atoms with Gasteiger partial charge in [0.25, 0.3) is 0 Å². The van der Waals surface area contributed by atoms with Crippen LogP contribution in [-0.2, 0) is 6.42 Å². The first-order chi connectivity index (χ1) is 7.29. The zero-order valence-corrected chi connectivity index (χ0v) is 9.74. The van der Waals surface area contributed by atoms with E-state index in [0.29, 0.717) is 5.92 Å². The second-order valence-corrected chi connectivity index (χ2v) is 4.88. The van der Waals surface area contributed by atoms with Gasteiger partial charge in [0.2, 0.25) is 0 Å². The van der Waals surface area contributed by atoms with Crippen LogP contribution in [0.15, 0.2) is 23.1 Å². The minimum absolute atomic E-state index is 0.0778. The monoisotopic (exact) mass is 225 g/mol. The molecule has 1 saturated heterocycles. The van der Waals surface area contributed by atoms with Gasteiger partial charge in [-0.25, -0.2) is 4.39 Å². The molecule has 0 spiro atoms. The number of nitrogens with one attached hydrogen (secondary N) is 1. The van der Waals surface area contributed by atoms with E-state index in [9.17, 15) is 4.39 Å². The highest BCUT2D eigenvalue weighted by Gasteiger charge is 2.15. The number of thioether (sulfide) groups is 1. The molecule has 1 aliphatic heterocycles. The van der Waals surface area contributed by atoms with Crippen molar-refractivity contribution in [1.29, 1.82) is 0 Å². The van der Waals surface area contributed by atoms with Crippen molar-refractivity contribution in [2.24, 2.45) is 5.92 Å². The average Bonchev–Trinajstić information content (AvgIpc) is 2.71. The molecule has 1 aliphatic rings. The molecule has 2 rings (SSSR count). The zero-order valence-electron chi connectivity index (χ0n) is 8.92. The summed E-state index contributed by atoms with van der Waals surface area (Å²) in [5, 5.41) is 3.33. The maximum Gasteiger partial charge on any atom is 0.137 e. The molecule has 0 aliphatic carbocycles. The lowest BCUT2D eigenvalue weighted by Crippen LogP contribution is -2.10. The molecule has 82 valence electrons. The van der Waals surface area contributed by atoms with Crippen molar-refractivity contribution in [3.63, 3.8) is 0 Å². The van der Waals surface area contributed by atoms with Crippen LogP contribution in [-0.4, -0.2) is 19.3 Å². The highest BCUT2D eigenvalue weighted by molar-refractivity contribution is 7.98. The van der Waals surface area contributed by atoms with Crippen LogP contribution in [0.3, 0.4) is 0 Å². The molecule has 1 aromatic carbocycles. The molecule has 1 unspecified atom stereocenters. The molecule has 0 bridgehead atoms. The molecule has 0 amide bonds. The van der Waals surface area contributed by atoms with Crippen molar-refractivity contribution < 1.29 is 4.39 Å². The number of hydrogen-bond acceptors (Lipinski definition) is 2. The van der Waals surface area contributed by atoms with Crippen molar-refractivity contribution in [1.82, 2.24) is 5.32 Å². The van der Waals surface area contributed by atoms with Gasteiger partial charge in [0.05, 0.1) is 0 Å². The first-order valence-corrected chi connectivity index (χ1v) is 6.55. The van der Waals surface area contributed by atoms with Gasteiger partial charge in [-0.15, -0.1) is 11.8 Å². The minimum atomic E-state index is -0.0778. The number of rotatable bonds is 3. The van der Waals surface area contributed by atoms with E-state index in [1.54, 1.807) is 6.07 Å². The van der Waals surface area contributed by atoms with Crippen LogP contribution in [0.25, 0.3) is 0 Å². The van der Waals surface area contributed by atoms with Crippen molar-refractivity contribution in [3.05, 3.63) is 29.6 Å². The van der Waals surface area contributed by atoms with Crippen LogP contribution < -0.4 is 5.32 Å². The topological polar surface area (TPSA) is 12.0 Å². The van der Waals surface area contributed by atoms with E-state index in [4.69, 9.17) is 0 Å². The van der Waals surface area contributed by atoms with Crippen LogP contribution >= 0.6 is 11.8 Å². The lowest BCUT2D eigenvalue weighted by molar-refractivity contribution is 0.567. The third-order valence-corrected chi connectivity index (χ3v) is 3.67. The quantitative estimate of drug-likeness (QED) is 0.794. The minimum Gasteiger partial charge on any atom is -0.316 e. The summed E-state index contributed by atoms with van der Waals surface area (Å²) in [6.45, 7) is 2.18. The summed E-state index contributed by atoms with van der Waals surface area (Å²) in [6, 6.07) is 5.62.